The summed E-state index contributed by atoms with van der Waals surface area (Å²) in [5.74, 6) is 0.849. The molecular formula is C24H44N4O6. The van der Waals surface area contributed by atoms with Gasteiger partial charge in [-0.15, -0.1) is 0 Å². The van der Waals surface area contributed by atoms with Crippen LogP contribution in [0.15, 0.2) is 0 Å². The molecule has 2 heterocycles. The molecule has 0 spiro atoms. The Labute approximate surface area is 204 Å². The van der Waals surface area contributed by atoms with Crippen molar-refractivity contribution in [2.24, 2.45) is 11.8 Å². The summed E-state index contributed by atoms with van der Waals surface area (Å²) < 4.78 is 15.2. The number of rotatable bonds is 11. The molecule has 2 saturated heterocycles. The van der Waals surface area contributed by atoms with Gasteiger partial charge >= 0.3 is 18.0 Å². The summed E-state index contributed by atoms with van der Waals surface area (Å²) in [6.45, 7) is 8.00. The number of esters is 1. The van der Waals surface area contributed by atoms with Crippen LogP contribution in [0.2, 0.25) is 0 Å². The van der Waals surface area contributed by atoms with Crippen molar-refractivity contribution in [2.45, 2.75) is 52.4 Å². The van der Waals surface area contributed by atoms with Crippen molar-refractivity contribution in [1.82, 2.24) is 19.6 Å². The molecule has 2 rings (SSSR count). The monoisotopic (exact) mass is 484 g/mol. The fraction of sp³-hybridized carbons (Fsp3) is 0.875. The quantitative estimate of drug-likeness (QED) is 0.331. The van der Waals surface area contributed by atoms with Gasteiger partial charge in [0, 0.05) is 46.9 Å². The minimum absolute atomic E-state index is 0.0697. The van der Waals surface area contributed by atoms with Crippen molar-refractivity contribution >= 4 is 18.0 Å². The number of methoxy groups -OCH3 is 2. The van der Waals surface area contributed by atoms with E-state index in [1.165, 1.54) is 18.4 Å². The summed E-state index contributed by atoms with van der Waals surface area (Å²) >= 11 is 0. The zero-order valence-electron chi connectivity index (χ0n) is 21.5. The van der Waals surface area contributed by atoms with Crippen molar-refractivity contribution in [1.29, 1.82) is 0 Å². The summed E-state index contributed by atoms with van der Waals surface area (Å²) in [5.41, 5.74) is 0. The fourth-order valence-electron chi connectivity index (χ4n) is 4.82. The minimum atomic E-state index is -0.420. The molecule has 2 fully saturated rings. The first-order valence-corrected chi connectivity index (χ1v) is 12.6. The second kappa shape index (κ2) is 15.0. The third kappa shape index (κ3) is 8.61. The highest BCUT2D eigenvalue weighted by molar-refractivity contribution is 5.81. The first-order chi connectivity index (χ1) is 16.4. The summed E-state index contributed by atoms with van der Waals surface area (Å²) in [5, 5.41) is 0. The van der Waals surface area contributed by atoms with E-state index in [-0.39, 0.29) is 25.3 Å². The Bertz CT molecular complexity index is 633. The normalized spacial score (nSPS) is 17.5. The van der Waals surface area contributed by atoms with Crippen molar-refractivity contribution < 1.29 is 28.6 Å². The van der Waals surface area contributed by atoms with Gasteiger partial charge < -0.3 is 28.9 Å². The number of hydrogen-bond acceptors (Lipinski definition) is 6. The summed E-state index contributed by atoms with van der Waals surface area (Å²) in [6, 6.07) is -0.0923. The summed E-state index contributed by atoms with van der Waals surface area (Å²) in [4.78, 5) is 44.2. The number of likely N-dealkylation sites (tertiary alicyclic amines) is 2. The highest BCUT2D eigenvalue weighted by Crippen LogP contribution is 2.29. The number of hydrogen-bond donors (Lipinski definition) is 0. The Morgan fingerprint density at radius 2 is 1.21 bits per heavy atom. The number of amides is 4. The predicted octanol–water partition coefficient (Wildman–Crippen LogP) is 2.83. The van der Waals surface area contributed by atoms with E-state index in [1.54, 1.807) is 18.9 Å². The third-order valence-electron chi connectivity index (χ3n) is 6.87. The largest absolute Gasteiger partial charge is 0.465 e. The Kier molecular flexibility index (Phi) is 12.5. The molecule has 10 heteroatoms. The van der Waals surface area contributed by atoms with Crippen LogP contribution in [0.5, 0.6) is 0 Å². The number of carbonyl (C=O) groups excluding carboxylic acids is 3. The third-order valence-corrected chi connectivity index (χ3v) is 6.87. The van der Waals surface area contributed by atoms with Crippen molar-refractivity contribution in [3.63, 3.8) is 0 Å². The highest BCUT2D eigenvalue weighted by Gasteiger charge is 2.29. The molecule has 196 valence electrons. The number of nitrogens with zero attached hydrogens (tertiary/aromatic N) is 4. The Morgan fingerprint density at radius 3 is 1.62 bits per heavy atom. The average Bonchev–Trinajstić information content (AvgIpc) is 2.85. The van der Waals surface area contributed by atoms with Crippen molar-refractivity contribution in [3.8, 4) is 0 Å². The molecule has 0 saturated carbocycles. The smallest absolute Gasteiger partial charge is 0.325 e. The van der Waals surface area contributed by atoms with E-state index in [4.69, 9.17) is 14.2 Å². The Hall–Kier alpha value is -2.07. The van der Waals surface area contributed by atoms with Gasteiger partial charge in [-0.25, -0.2) is 9.59 Å². The molecule has 0 aromatic heterocycles. The average molecular weight is 485 g/mol. The number of ether oxygens (including phenoxy) is 3. The van der Waals surface area contributed by atoms with E-state index in [1.807, 2.05) is 16.7 Å². The lowest BCUT2D eigenvalue weighted by Crippen LogP contribution is -2.49. The summed E-state index contributed by atoms with van der Waals surface area (Å²) in [7, 11) is 3.12. The van der Waals surface area contributed by atoms with Gasteiger partial charge in [0.25, 0.3) is 0 Å². The van der Waals surface area contributed by atoms with E-state index in [0.29, 0.717) is 44.8 Å². The van der Waals surface area contributed by atoms with E-state index in [2.05, 4.69) is 0 Å². The van der Waals surface area contributed by atoms with Gasteiger partial charge in [0.15, 0.2) is 0 Å². The molecule has 0 radical (unpaired) electrons. The number of urea groups is 2. The van der Waals surface area contributed by atoms with Gasteiger partial charge in [0.05, 0.1) is 6.61 Å². The van der Waals surface area contributed by atoms with E-state index >= 15 is 0 Å². The molecule has 0 aromatic carbocycles. The van der Waals surface area contributed by atoms with E-state index in [0.717, 1.165) is 45.2 Å². The molecule has 10 nitrogen and oxygen atoms in total. The number of piperidine rings is 2. The maximum Gasteiger partial charge on any atom is 0.325 e. The van der Waals surface area contributed by atoms with Gasteiger partial charge in [-0.2, -0.15) is 0 Å². The van der Waals surface area contributed by atoms with Crippen LogP contribution in [0.1, 0.15) is 52.4 Å². The maximum atomic E-state index is 12.9. The molecule has 0 aromatic rings. The second-order valence-electron chi connectivity index (χ2n) is 9.20. The molecule has 0 N–H and O–H groups in total. The lowest BCUT2D eigenvalue weighted by Gasteiger charge is -2.37. The molecule has 34 heavy (non-hydrogen) atoms. The van der Waals surface area contributed by atoms with Crippen LogP contribution in [-0.4, -0.2) is 111 Å². The fourth-order valence-corrected chi connectivity index (χ4v) is 4.82. The minimum Gasteiger partial charge on any atom is -0.465 e. The van der Waals surface area contributed by atoms with Crippen LogP contribution >= 0.6 is 0 Å². The highest BCUT2D eigenvalue weighted by atomic mass is 16.5. The maximum absolute atomic E-state index is 12.9. The molecule has 2 aliphatic heterocycles. The molecule has 0 unspecified atom stereocenters. The van der Waals surface area contributed by atoms with Crippen LogP contribution in [-0.2, 0) is 19.0 Å². The summed E-state index contributed by atoms with van der Waals surface area (Å²) in [6.07, 6.45) is 6.39. The van der Waals surface area contributed by atoms with Crippen LogP contribution in [0.4, 0.5) is 9.59 Å². The second-order valence-corrected chi connectivity index (χ2v) is 9.20. The van der Waals surface area contributed by atoms with E-state index in [9.17, 15) is 14.4 Å². The van der Waals surface area contributed by atoms with Gasteiger partial charge in [0.2, 0.25) is 0 Å². The molecule has 4 amide bonds. The molecule has 0 aliphatic carbocycles. The predicted molar refractivity (Wildman–Crippen MR) is 128 cm³/mol. The molecule has 2 aliphatic rings. The van der Waals surface area contributed by atoms with Crippen LogP contribution in [0.3, 0.4) is 0 Å². The number of carbonyl (C=O) groups is 3. The topological polar surface area (TPSA) is 91.9 Å². The molecular weight excluding hydrogens is 440 g/mol. The van der Waals surface area contributed by atoms with Gasteiger partial charge in [0.1, 0.15) is 20.0 Å². The lowest BCUT2D eigenvalue weighted by molar-refractivity contribution is -0.144. The SMILES string of the molecule is CCOC(=O)CN(COC)C(=O)N1CCC(CCC2CCN(C(=O)N(CC)COC)CC2)CC1. The Morgan fingerprint density at radius 1 is 0.765 bits per heavy atom. The molecule has 0 atom stereocenters. The van der Waals surface area contributed by atoms with Gasteiger partial charge in [-0.1, -0.05) is 12.8 Å². The lowest BCUT2D eigenvalue weighted by atomic mass is 9.85. The van der Waals surface area contributed by atoms with Crippen LogP contribution in [0.25, 0.3) is 0 Å². The van der Waals surface area contributed by atoms with Gasteiger partial charge in [-0.3, -0.25) is 9.69 Å². The standard InChI is InChI=1S/C24H44N4O6/c1-5-25(18-32-3)23(30)26-13-9-20(10-14-26)7-8-21-11-15-27(16-12-21)24(31)28(19-33-4)17-22(29)34-6-2/h20-21H,5-19H2,1-4H3. The first-order valence-electron chi connectivity index (χ1n) is 12.6. The first kappa shape index (κ1) is 28.2. The zero-order chi connectivity index (χ0) is 24.9. The van der Waals surface area contributed by atoms with Crippen LogP contribution in [0, 0.1) is 11.8 Å². The Balaban J connectivity index is 1.70. The van der Waals surface area contributed by atoms with Crippen molar-refractivity contribution in [3.05, 3.63) is 0 Å². The molecule has 0 bridgehead atoms. The van der Waals surface area contributed by atoms with E-state index < -0.39 is 5.97 Å². The van der Waals surface area contributed by atoms with Crippen LogP contribution < -0.4 is 0 Å². The van der Waals surface area contributed by atoms with Gasteiger partial charge in [-0.05, 0) is 51.4 Å². The van der Waals surface area contributed by atoms with Crippen molar-refractivity contribution in [2.75, 3.05) is 73.6 Å². The zero-order valence-corrected chi connectivity index (χ0v) is 21.5.